The minimum absolute atomic E-state index is 0.195. The average Bonchev–Trinajstić information content (AvgIpc) is 2.24. The molecule has 0 spiro atoms. The summed E-state index contributed by atoms with van der Waals surface area (Å²) in [6, 6.07) is 4.66. The normalized spacial score (nSPS) is 11.1. The van der Waals surface area contributed by atoms with Crippen LogP contribution in [0, 0.1) is 5.82 Å². The molecule has 0 heterocycles. The van der Waals surface area contributed by atoms with E-state index in [1.54, 1.807) is 12.1 Å². The van der Waals surface area contributed by atoms with Crippen LogP contribution in [0.25, 0.3) is 0 Å². The molecule has 0 radical (unpaired) electrons. The summed E-state index contributed by atoms with van der Waals surface area (Å²) in [5.74, 6) is -0.195. The lowest BCUT2D eigenvalue weighted by molar-refractivity contribution is 0.320. The molecule has 1 aromatic carbocycles. The molecule has 90 valence electrons. The predicted octanol–water partition coefficient (Wildman–Crippen LogP) is 2.52. The number of nitrogens with one attached hydrogen (secondary N) is 1. The van der Waals surface area contributed by atoms with Gasteiger partial charge in [-0.25, -0.2) is 4.39 Å². The summed E-state index contributed by atoms with van der Waals surface area (Å²) in [4.78, 5) is 2.07. The van der Waals surface area contributed by atoms with Gasteiger partial charge >= 0.3 is 0 Å². The van der Waals surface area contributed by atoms with Crippen molar-refractivity contribution in [3.05, 3.63) is 34.6 Å². The van der Waals surface area contributed by atoms with Crippen molar-refractivity contribution >= 4 is 11.6 Å². The molecule has 0 fully saturated rings. The van der Waals surface area contributed by atoms with Crippen molar-refractivity contribution in [1.29, 1.82) is 0 Å². The van der Waals surface area contributed by atoms with E-state index in [1.807, 2.05) is 7.05 Å². The van der Waals surface area contributed by atoms with Crippen molar-refractivity contribution in [1.82, 2.24) is 10.2 Å². The molecule has 0 aliphatic rings. The molecule has 2 nitrogen and oxygen atoms in total. The Balaban J connectivity index is 2.48. The fourth-order valence-corrected chi connectivity index (χ4v) is 1.68. The molecule has 4 heteroatoms. The highest BCUT2D eigenvalue weighted by atomic mass is 35.5. The van der Waals surface area contributed by atoms with Crippen LogP contribution in [0.15, 0.2) is 18.2 Å². The third kappa shape index (κ3) is 4.47. The van der Waals surface area contributed by atoms with Gasteiger partial charge in [0.15, 0.2) is 0 Å². The molecular weight excluding hydrogens is 227 g/mol. The minimum Gasteiger partial charge on any atom is -0.316 e. The highest BCUT2D eigenvalue weighted by molar-refractivity contribution is 6.30. The standard InChI is InChI=1S/C12H18ClFN2/c1-3-15-6-7-16(2)9-10-8-11(13)4-5-12(10)14/h4-5,8,15H,3,6-7,9H2,1-2H3. The Kier molecular flexibility index (Phi) is 5.74. The highest BCUT2D eigenvalue weighted by Crippen LogP contribution is 2.15. The topological polar surface area (TPSA) is 15.3 Å². The lowest BCUT2D eigenvalue weighted by Gasteiger charge is -2.17. The largest absolute Gasteiger partial charge is 0.316 e. The van der Waals surface area contributed by atoms with Gasteiger partial charge in [0, 0.05) is 30.2 Å². The smallest absolute Gasteiger partial charge is 0.127 e. The molecule has 0 unspecified atom stereocenters. The first-order chi connectivity index (χ1) is 7.63. The zero-order chi connectivity index (χ0) is 12.0. The van der Waals surface area contributed by atoms with E-state index in [0.717, 1.165) is 19.6 Å². The highest BCUT2D eigenvalue weighted by Gasteiger charge is 2.06. The summed E-state index contributed by atoms with van der Waals surface area (Å²) in [7, 11) is 1.97. The molecule has 0 atom stereocenters. The van der Waals surface area contributed by atoms with Gasteiger partial charge in [-0.2, -0.15) is 0 Å². The molecule has 0 aliphatic carbocycles. The zero-order valence-corrected chi connectivity index (χ0v) is 10.5. The quantitative estimate of drug-likeness (QED) is 0.774. The molecule has 0 aliphatic heterocycles. The Morgan fingerprint density at radius 1 is 1.44 bits per heavy atom. The third-order valence-corrected chi connectivity index (χ3v) is 2.60. The van der Waals surface area contributed by atoms with E-state index >= 15 is 0 Å². The maximum absolute atomic E-state index is 13.4. The second-order valence-corrected chi connectivity index (χ2v) is 4.26. The van der Waals surface area contributed by atoms with Gasteiger partial charge in [-0.15, -0.1) is 0 Å². The summed E-state index contributed by atoms with van der Waals surface area (Å²) in [6.45, 7) is 5.41. The van der Waals surface area contributed by atoms with E-state index in [9.17, 15) is 4.39 Å². The monoisotopic (exact) mass is 244 g/mol. The van der Waals surface area contributed by atoms with Crippen molar-refractivity contribution in [3.63, 3.8) is 0 Å². The number of hydrogen-bond acceptors (Lipinski definition) is 2. The van der Waals surface area contributed by atoms with Crippen LogP contribution in [0.3, 0.4) is 0 Å². The maximum atomic E-state index is 13.4. The van der Waals surface area contributed by atoms with E-state index in [-0.39, 0.29) is 5.82 Å². The van der Waals surface area contributed by atoms with Crippen LogP contribution in [0.1, 0.15) is 12.5 Å². The average molecular weight is 245 g/mol. The molecule has 1 rings (SSSR count). The van der Waals surface area contributed by atoms with Crippen molar-refractivity contribution in [2.45, 2.75) is 13.5 Å². The number of hydrogen-bond donors (Lipinski definition) is 1. The number of rotatable bonds is 6. The van der Waals surface area contributed by atoms with Gasteiger partial charge in [-0.1, -0.05) is 18.5 Å². The fraction of sp³-hybridized carbons (Fsp3) is 0.500. The van der Waals surface area contributed by atoms with Crippen LogP contribution in [0.2, 0.25) is 5.02 Å². The Morgan fingerprint density at radius 2 is 2.19 bits per heavy atom. The molecule has 1 aromatic rings. The Hall–Kier alpha value is -0.640. The summed E-state index contributed by atoms with van der Waals surface area (Å²) < 4.78 is 13.4. The van der Waals surface area contributed by atoms with Gasteiger partial charge in [0.2, 0.25) is 0 Å². The van der Waals surface area contributed by atoms with Crippen LogP contribution in [-0.2, 0) is 6.54 Å². The first-order valence-corrected chi connectivity index (χ1v) is 5.84. The van der Waals surface area contributed by atoms with Gasteiger partial charge in [0.1, 0.15) is 5.82 Å². The van der Waals surface area contributed by atoms with Crippen molar-refractivity contribution < 1.29 is 4.39 Å². The first-order valence-electron chi connectivity index (χ1n) is 5.46. The van der Waals surface area contributed by atoms with Crippen LogP contribution in [0.4, 0.5) is 4.39 Å². The molecule has 0 saturated heterocycles. The van der Waals surface area contributed by atoms with Gasteiger partial charge in [0.05, 0.1) is 0 Å². The summed E-state index contributed by atoms with van der Waals surface area (Å²) in [5.41, 5.74) is 0.645. The SMILES string of the molecule is CCNCCN(C)Cc1cc(Cl)ccc1F. The van der Waals surface area contributed by atoms with E-state index in [2.05, 4.69) is 17.1 Å². The molecule has 0 amide bonds. The lowest BCUT2D eigenvalue weighted by Crippen LogP contribution is -2.29. The lowest BCUT2D eigenvalue weighted by atomic mass is 10.2. The molecular formula is C12H18ClFN2. The second-order valence-electron chi connectivity index (χ2n) is 3.83. The van der Waals surface area contributed by atoms with Crippen LogP contribution in [0.5, 0.6) is 0 Å². The van der Waals surface area contributed by atoms with E-state index in [0.29, 0.717) is 17.1 Å². The Labute approximate surface area is 101 Å². The predicted molar refractivity (Wildman–Crippen MR) is 66.3 cm³/mol. The van der Waals surface area contributed by atoms with Gasteiger partial charge < -0.3 is 10.2 Å². The summed E-state index contributed by atoms with van der Waals surface area (Å²) >= 11 is 5.83. The van der Waals surface area contributed by atoms with E-state index < -0.39 is 0 Å². The number of halogens is 2. The van der Waals surface area contributed by atoms with Gasteiger partial charge in [-0.3, -0.25) is 0 Å². The fourth-order valence-electron chi connectivity index (χ4n) is 1.48. The number of likely N-dealkylation sites (N-methyl/N-ethyl adjacent to an activating group) is 2. The maximum Gasteiger partial charge on any atom is 0.127 e. The minimum atomic E-state index is -0.195. The third-order valence-electron chi connectivity index (χ3n) is 2.37. The molecule has 1 N–H and O–H groups in total. The Bertz CT molecular complexity index is 331. The molecule has 0 bridgehead atoms. The summed E-state index contributed by atoms with van der Waals surface area (Å²) in [6.07, 6.45) is 0. The van der Waals surface area contributed by atoms with Gasteiger partial charge in [0.25, 0.3) is 0 Å². The van der Waals surface area contributed by atoms with E-state index in [4.69, 9.17) is 11.6 Å². The second kappa shape index (κ2) is 6.84. The number of benzene rings is 1. The van der Waals surface area contributed by atoms with Gasteiger partial charge in [-0.05, 0) is 31.8 Å². The van der Waals surface area contributed by atoms with E-state index in [1.165, 1.54) is 6.07 Å². The van der Waals surface area contributed by atoms with Crippen molar-refractivity contribution in [2.75, 3.05) is 26.7 Å². The van der Waals surface area contributed by atoms with Crippen molar-refractivity contribution in [2.24, 2.45) is 0 Å². The zero-order valence-electron chi connectivity index (χ0n) is 9.76. The van der Waals surface area contributed by atoms with Crippen LogP contribution < -0.4 is 5.32 Å². The number of nitrogens with zero attached hydrogens (tertiary/aromatic N) is 1. The molecule has 16 heavy (non-hydrogen) atoms. The summed E-state index contributed by atoms with van der Waals surface area (Å²) in [5, 5.41) is 3.81. The Morgan fingerprint density at radius 3 is 2.88 bits per heavy atom. The molecule has 0 saturated carbocycles. The first kappa shape index (κ1) is 13.4. The van der Waals surface area contributed by atoms with Crippen molar-refractivity contribution in [3.8, 4) is 0 Å². The van der Waals surface area contributed by atoms with Crippen LogP contribution in [-0.4, -0.2) is 31.6 Å². The van der Waals surface area contributed by atoms with Crippen LogP contribution >= 0.6 is 11.6 Å². The molecule has 0 aromatic heterocycles.